The van der Waals surface area contributed by atoms with Gasteiger partial charge in [0.1, 0.15) is 6.04 Å². The van der Waals surface area contributed by atoms with Crippen molar-refractivity contribution in [2.24, 2.45) is 0 Å². The molecule has 0 aliphatic carbocycles. The van der Waals surface area contributed by atoms with E-state index in [1.165, 1.54) is 0 Å². The minimum Gasteiger partial charge on any atom is -0.480 e. The lowest BCUT2D eigenvalue weighted by Gasteiger charge is -2.16. The summed E-state index contributed by atoms with van der Waals surface area (Å²) < 4.78 is 6.35. The number of rotatable bonds is 6. The molecule has 0 bridgehead atoms. The summed E-state index contributed by atoms with van der Waals surface area (Å²) in [4.78, 5) is 26.8. The van der Waals surface area contributed by atoms with Crippen molar-refractivity contribution >= 4 is 38.7 Å². The zero-order valence-electron chi connectivity index (χ0n) is 13.0. The van der Waals surface area contributed by atoms with Crippen LogP contribution in [-0.2, 0) is 20.7 Å². The Labute approximate surface area is 147 Å². The maximum Gasteiger partial charge on any atom is 0.326 e. The molecule has 1 fully saturated rings. The Morgan fingerprint density at radius 2 is 2.29 bits per heavy atom. The average Bonchev–Trinajstić information content (AvgIpc) is 3.16. The predicted molar refractivity (Wildman–Crippen MR) is 92.9 cm³/mol. The summed E-state index contributed by atoms with van der Waals surface area (Å²) in [7, 11) is 0. The van der Waals surface area contributed by atoms with E-state index in [4.69, 9.17) is 4.74 Å². The van der Waals surface area contributed by atoms with E-state index < -0.39 is 12.0 Å². The smallest absolute Gasteiger partial charge is 0.326 e. The van der Waals surface area contributed by atoms with E-state index in [0.717, 1.165) is 33.8 Å². The molecule has 1 aliphatic heterocycles. The first kappa shape index (κ1) is 17.0. The fourth-order valence-corrected chi connectivity index (χ4v) is 3.37. The number of hydrogen-bond donors (Lipinski definition) is 3. The van der Waals surface area contributed by atoms with Gasteiger partial charge in [0.05, 0.1) is 12.5 Å². The molecule has 1 aliphatic rings. The molecule has 1 aromatic carbocycles. The molecule has 0 unspecified atom stereocenters. The molecule has 3 N–H and O–H groups in total. The Morgan fingerprint density at radius 3 is 3.00 bits per heavy atom. The third kappa shape index (κ3) is 3.96. The van der Waals surface area contributed by atoms with Gasteiger partial charge < -0.3 is 20.1 Å². The van der Waals surface area contributed by atoms with Crippen LogP contribution in [0.15, 0.2) is 28.9 Å². The van der Waals surface area contributed by atoms with Crippen molar-refractivity contribution in [3.05, 3.63) is 34.4 Å². The van der Waals surface area contributed by atoms with Gasteiger partial charge in [-0.3, -0.25) is 4.79 Å². The zero-order valence-corrected chi connectivity index (χ0v) is 14.6. The van der Waals surface area contributed by atoms with Gasteiger partial charge in [0.25, 0.3) is 0 Å². The number of amides is 1. The van der Waals surface area contributed by atoms with Crippen LogP contribution in [0.3, 0.4) is 0 Å². The number of carbonyl (C=O) groups is 2. The number of H-pyrrole nitrogens is 1. The molecule has 2 heterocycles. The van der Waals surface area contributed by atoms with Gasteiger partial charge in [0, 0.05) is 34.6 Å². The van der Waals surface area contributed by atoms with Crippen LogP contribution in [0.1, 0.15) is 24.8 Å². The third-order valence-corrected chi connectivity index (χ3v) is 4.72. The summed E-state index contributed by atoms with van der Waals surface area (Å²) in [5.74, 6) is -1.32. The van der Waals surface area contributed by atoms with Crippen molar-refractivity contribution < 1.29 is 19.4 Å². The number of halogens is 1. The monoisotopic (exact) mass is 394 g/mol. The Bertz CT molecular complexity index is 752. The molecule has 0 saturated carbocycles. The summed E-state index contributed by atoms with van der Waals surface area (Å²) in [5.41, 5.74) is 1.79. The lowest BCUT2D eigenvalue weighted by atomic mass is 10.0. The highest BCUT2D eigenvalue weighted by atomic mass is 79.9. The summed E-state index contributed by atoms with van der Waals surface area (Å²) in [6, 6.07) is 4.82. The van der Waals surface area contributed by atoms with Gasteiger partial charge in [0.15, 0.2) is 0 Å². The highest BCUT2D eigenvalue weighted by Gasteiger charge is 2.25. The first-order valence-corrected chi connectivity index (χ1v) is 8.71. The third-order valence-electron chi connectivity index (χ3n) is 4.22. The molecule has 2 atom stereocenters. The quantitative estimate of drug-likeness (QED) is 0.701. The predicted octanol–water partition coefficient (Wildman–Crippen LogP) is 2.61. The van der Waals surface area contributed by atoms with Crippen LogP contribution < -0.4 is 5.32 Å². The molecular weight excluding hydrogens is 376 g/mol. The number of carboxylic acids is 1. The maximum absolute atomic E-state index is 12.1. The second-order valence-corrected chi connectivity index (χ2v) is 6.92. The molecule has 128 valence electrons. The Balaban J connectivity index is 1.69. The standard InChI is InChI=1S/C17H19BrN2O4/c18-11-3-4-14-13(7-11)10(9-19-14)6-15(17(22)23)20-16(21)8-12-2-1-5-24-12/h3-4,7,9,12,15,19H,1-2,5-6,8H2,(H,20,21)(H,22,23)/t12-,15-/m0/s1. The lowest BCUT2D eigenvalue weighted by molar-refractivity contribution is -0.142. The average molecular weight is 395 g/mol. The second-order valence-electron chi connectivity index (χ2n) is 6.01. The molecule has 1 saturated heterocycles. The molecule has 24 heavy (non-hydrogen) atoms. The van der Waals surface area contributed by atoms with Crippen molar-refractivity contribution in [2.75, 3.05) is 6.61 Å². The number of fused-ring (bicyclic) bond motifs is 1. The topological polar surface area (TPSA) is 91.4 Å². The number of aromatic nitrogens is 1. The summed E-state index contributed by atoms with van der Waals surface area (Å²) in [6.45, 7) is 0.671. The van der Waals surface area contributed by atoms with Gasteiger partial charge in [-0.1, -0.05) is 15.9 Å². The number of ether oxygens (including phenoxy) is 1. The van der Waals surface area contributed by atoms with Gasteiger partial charge in [-0.05, 0) is 36.6 Å². The lowest BCUT2D eigenvalue weighted by Crippen LogP contribution is -2.43. The zero-order chi connectivity index (χ0) is 17.1. The number of nitrogens with one attached hydrogen (secondary N) is 2. The molecule has 2 aromatic rings. The number of aliphatic carboxylic acids is 1. The second kappa shape index (κ2) is 7.36. The fourth-order valence-electron chi connectivity index (χ4n) is 3.00. The van der Waals surface area contributed by atoms with E-state index in [2.05, 4.69) is 26.2 Å². The van der Waals surface area contributed by atoms with Gasteiger partial charge in [-0.15, -0.1) is 0 Å². The minimum atomic E-state index is -1.04. The van der Waals surface area contributed by atoms with Gasteiger partial charge >= 0.3 is 5.97 Å². The van der Waals surface area contributed by atoms with E-state index in [-0.39, 0.29) is 24.9 Å². The van der Waals surface area contributed by atoms with Gasteiger partial charge in [-0.25, -0.2) is 4.79 Å². The number of carbonyl (C=O) groups excluding carboxylic acids is 1. The fraction of sp³-hybridized carbons (Fsp3) is 0.412. The molecular formula is C17H19BrN2O4. The van der Waals surface area contributed by atoms with Crippen LogP contribution in [0.4, 0.5) is 0 Å². The van der Waals surface area contributed by atoms with Crippen LogP contribution in [0, 0.1) is 0 Å². The molecule has 1 amide bonds. The van der Waals surface area contributed by atoms with Crippen LogP contribution in [0.2, 0.25) is 0 Å². The summed E-state index contributed by atoms with van der Waals surface area (Å²) in [6.07, 6.45) is 3.93. The molecule has 3 rings (SSSR count). The van der Waals surface area contributed by atoms with E-state index in [9.17, 15) is 14.7 Å². The van der Waals surface area contributed by atoms with Crippen molar-refractivity contribution in [2.45, 2.75) is 37.8 Å². The molecule has 1 aromatic heterocycles. The van der Waals surface area contributed by atoms with E-state index in [1.54, 1.807) is 6.20 Å². The van der Waals surface area contributed by atoms with Crippen molar-refractivity contribution in [1.29, 1.82) is 0 Å². The largest absolute Gasteiger partial charge is 0.480 e. The van der Waals surface area contributed by atoms with E-state index in [1.807, 2.05) is 18.2 Å². The highest BCUT2D eigenvalue weighted by molar-refractivity contribution is 9.10. The first-order chi connectivity index (χ1) is 11.5. The molecule has 7 heteroatoms. The number of hydrogen-bond acceptors (Lipinski definition) is 3. The van der Waals surface area contributed by atoms with Crippen LogP contribution >= 0.6 is 15.9 Å². The van der Waals surface area contributed by atoms with Crippen molar-refractivity contribution in [3.63, 3.8) is 0 Å². The number of carboxylic acid groups (broad SMARTS) is 1. The van der Waals surface area contributed by atoms with E-state index in [0.29, 0.717) is 6.61 Å². The first-order valence-electron chi connectivity index (χ1n) is 7.92. The van der Waals surface area contributed by atoms with Gasteiger partial charge in [0.2, 0.25) is 5.91 Å². The SMILES string of the molecule is O=C(C[C@@H]1CCCO1)N[C@@H](Cc1c[nH]c2ccc(Br)cc12)C(=O)O. The van der Waals surface area contributed by atoms with Gasteiger partial charge in [-0.2, -0.15) is 0 Å². The molecule has 0 spiro atoms. The molecule has 6 nitrogen and oxygen atoms in total. The van der Waals surface area contributed by atoms with Crippen LogP contribution in [0.25, 0.3) is 10.9 Å². The van der Waals surface area contributed by atoms with Crippen molar-refractivity contribution in [3.8, 4) is 0 Å². The minimum absolute atomic E-state index is 0.0940. The molecule has 0 radical (unpaired) electrons. The summed E-state index contributed by atoms with van der Waals surface area (Å²) in [5, 5.41) is 13.0. The van der Waals surface area contributed by atoms with Crippen molar-refractivity contribution in [1.82, 2.24) is 10.3 Å². The number of aromatic amines is 1. The van der Waals surface area contributed by atoms with E-state index >= 15 is 0 Å². The Kier molecular flexibility index (Phi) is 5.20. The maximum atomic E-state index is 12.1. The highest BCUT2D eigenvalue weighted by Crippen LogP contribution is 2.24. The number of benzene rings is 1. The normalized spacial score (nSPS) is 18.6. The van der Waals surface area contributed by atoms with Crippen LogP contribution in [0.5, 0.6) is 0 Å². The Morgan fingerprint density at radius 1 is 1.46 bits per heavy atom. The summed E-state index contributed by atoms with van der Waals surface area (Å²) >= 11 is 3.42. The van der Waals surface area contributed by atoms with Crippen LogP contribution in [-0.4, -0.2) is 40.7 Å². The Hall–Kier alpha value is -1.86.